The third-order valence-corrected chi connectivity index (χ3v) is 12.1. The zero-order chi connectivity index (χ0) is 36.5. The Morgan fingerprint density at radius 1 is 0.462 bits per heavy atom. The molecule has 52 heavy (non-hydrogen) atoms. The van der Waals surface area contributed by atoms with Crippen LogP contribution >= 0.6 is 0 Å². The summed E-state index contributed by atoms with van der Waals surface area (Å²) >= 11 is 0. The van der Waals surface area contributed by atoms with E-state index in [1.165, 1.54) is 61.0 Å². The van der Waals surface area contributed by atoms with Gasteiger partial charge in [-0.05, 0) is 103 Å². The molecule has 6 aromatic carbocycles. The number of rotatable bonds is 3. The number of furan rings is 1. The monoisotopic (exact) mass is 679 g/mol. The summed E-state index contributed by atoms with van der Waals surface area (Å²) in [6, 6.07) is 43.5. The lowest BCUT2D eigenvalue weighted by atomic mass is 9.79. The summed E-state index contributed by atoms with van der Waals surface area (Å²) in [7, 11) is 0. The Hall–Kier alpha value is -5.08. The summed E-state index contributed by atoms with van der Waals surface area (Å²) in [5.74, 6) is 0. The van der Waals surface area contributed by atoms with Crippen molar-refractivity contribution >= 4 is 39.0 Å². The standard InChI is InChI=1S/C50H49NO/c1-47(2,3)30-25-39-38-24-21-33(29-45(38)52-46(39)44(26-30)48(4,5)6)51(31-19-22-36-34-15-11-13-17-40(34)49(7,8)42(36)27-31)32-20-23-37-35-16-12-14-18-41(35)50(9,10)43(37)28-32/h11-29H,1-10H3. The van der Waals surface area contributed by atoms with Crippen molar-refractivity contribution in [3.05, 3.63) is 149 Å². The van der Waals surface area contributed by atoms with E-state index >= 15 is 0 Å². The van der Waals surface area contributed by atoms with Crippen LogP contribution in [0.3, 0.4) is 0 Å². The first kappa shape index (κ1) is 32.8. The maximum Gasteiger partial charge on any atom is 0.139 e. The Kier molecular flexibility index (Phi) is 6.77. The molecule has 0 fully saturated rings. The number of anilines is 3. The molecule has 7 aromatic rings. The van der Waals surface area contributed by atoms with Gasteiger partial charge in [-0.2, -0.15) is 0 Å². The van der Waals surface area contributed by atoms with Crippen molar-refractivity contribution < 1.29 is 4.42 Å². The molecule has 260 valence electrons. The number of nitrogens with zero attached hydrogens (tertiary/aromatic N) is 1. The molecule has 0 aliphatic heterocycles. The summed E-state index contributed by atoms with van der Waals surface area (Å²) in [5.41, 5.74) is 18.5. The Bertz CT molecular complexity index is 2490. The van der Waals surface area contributed by atoms with Gasteiger partial charge in [0.05, 0.1) is 0 Å². The van der Waals surface area contributed by atoms with Gasteiger partial charge < -0.3 is 9.32 Å². The molecule has 0 spiro atoms. The lowest BCUT2D eigenvalue weighted by Crippen LogP contribution is -2.18. The molecule has 2 aliphatic rings. The minimum atomic E-state index is -0.105. The first-order valence-electron chi connectivity index (χ1n) is 18.9. The van der Waals surface area contributed by atoms with Crippen molar-refractivity contribution in [2.24, 2.45) is 0 Å². The number of hydrogen-bond acceptors (Lipinski definition) is 2. The highest BCUT2D eigenvalue weighted by molar-refractivity contribution is 6.08. The van der Waals surface area contributed by atoms with Gasteiger partial charge in [-0.25, -0.2) is 0 Å². The molecule has 0 saturated heterocycles. The van der Waals surface area contributed by atoms with Crippen molar-refractivity contribution in [1.29, 1.82) is 0 Å². The maximum absolute atomic E-state index is 6.91. The van der Waals surface area contributed by atoms with Crippen molar-refractivity contribution in [3.63, 3.8) is 0 Å². The predicted molar refractivity (Wildman–Crippen MR) is 221 cm³/mol. The number of fused-ring (bicyclic) bond motifs is 9. The smallest absolute Gasteiger partial charge is 0.139 e. The molecule has 2 aliphatic carbocycles. The number of benzene rings is 6. The van der Waals surface area contributed by atoms with Gasteiger partial charge >= 0.3 is 0 Å². The van der Waals surface area contributed by atoms with Gasteiger partial charge in [-0.3, -0.25) is 0 Å². The normalized spacial score (nSPS) is 15.4. The molecule has 9 rings (SSSR count). The van der Waals surface area contributed by atoms with E-state index in [2.05, 4.69) is 189 Å². The van der Waals surface area contributed by atoms with E-state index in [9.17, 15) is 0 Å². The lowest BCUT2D eigenvalue weighted by Gasteiger charge is -2.29. The molecule has 0 saturated carbocycles. The molecule has 1 aromatic heterocycles. The Labute approximate surface area is 309 Å². The van der Waals surface area contributed by atoms with Gasteiger partial charge in [0.15, 0.2) is 0 Å². The summed E-state index contributed by atoms with van der Waals surface area (Å²) in [5, 5.41) is 2.35. The summed E-state index contributed by atoms with van der Waals surface area (Å²) in [4.78, 5) is 2.44. The van der Waals surface area contributed by atoms with E-state index in [-0.39, 0.29) is 21.7 Å². The van der Waals surface area contributed by atoms with Crippen LogP contribution in [0.5, 0.6) is 0 Å². The molecule has 0 unspecified atom stereocenters. The van der Waals surface area contributed by atoms with Crippen LogP contribution < -0.4 is 4.90 Å². The highest BCUT2D eigenvalue weighted by Crippen LogP contribution is 2.53. The van der Waals surface area contributed by atoms with Crippen LogP contribution in [-0.4, -0.2) is 0 Å². The molecule has 0 amide bonds. The predicted octanol–water partition coefficient (Wildman–Crippen LogP) is 14.3. The second kappa shape index (κ2) is 10.7. The van der Waals surface area contributed by atoms with Gasteiger partial charge in [0.2, 0.25) is 0 Å². The molecule has 1 heterocycles. The molecular weight excluding hydrogens is 631 g/mol. The van der Waals surface area contributed by atoms with Crippen molar-refractivity contribution in [3.8, 4) is 22.3 Å². The summed E-state index contributed by atoms with van der Waals surface area (Å²) in [6.45, 7) is 23.2. The van der Waals surface area contributed by atoms with E-state index in [1.54, 1.807) is 0 Å². The van der Waals surface area contributed by atoms with E-state index in [4.69, 9.17) is 4.42 Å². The molecule has 0 radical (unpaired) electrons. The van der Waals surface area contributed by atoms with Crippen molar-refractivity contribution in [2.45, 2.75) is 90.9 Å². The first-order chi connectivity index (χ1) is 24.5. The Balaban J connectivity index is 1.27. The van der Waals surface area contributed by atoms with Crippen LogP contribution in [0.25, 0.3) is 44.2 Å². The fourth-order valence-electron chi connectivity index (χ4n) is 9.11. The van der Waals surface area contributed by atoms with Crippen LogP contribution in [-0.2, 0) is 21.7 Å². The van der Waals surface area contributed by atoms with Crippen LogP contribution in [0, 0.1) is 0 Å². The number of hydrogen-bond donors (Lipinski definition) is 0. The Morgan fingerprint density at radius 2 is 0.942 bits per heavy atom. The van der Waals surface area contributed by atoms with Gasteiger partial charge in [-0.1, -0.05) is 136 Å². The van der Waals surface area contributed by atoms with Crippen LogP contribution in [0.1, 0.15) is 103 Å². The van der Waals surface area contributed by atoms with E-state index in [0.29, 0.717) is 0 Å². The molecule has 2 nitrogen and oxygen atoms in total. The van der Waals surface area contributed by atoms with Gasteiger partial charge in [0, 0.05) is 50.3 Å². The maximum atomic E-state index is 6.91. The molecule has 2 heteroatoms. The minimum Gasteiger partial charge on any atom is -0.456 e. The highest BCUT2D eigenvalue weighted by Gasteiger charge is 2.38. The SMILES string of the molecule is CC(C)(C)c1cc(C(C)(C)C)c2oc3cc(N(c4ccc5c(c4)C(C)(C)c4ccccc4-5)c4ccc5c(c4)C(C)(C)c4ccccc4-5)ccc3c2c1. The quantitative estimate of drug-likeness (QED) is 0.185. The summed E-state index contributed by atoms with van der Waals surface area (Å²) in [6.07, 6.45) is 0. The largest absolute Gasteiger partial charge is 0.456 e. The van der Waals surface area contributed by atoms with Gasteiger partial charge in [-0.15, -0.1) is 0 Å². The zero-order valence-corrected chi connectivity index (χ0v) is 32.3. The average molecular weight is 680 g/mol. The van der Waals surface area contributed by atoms with E-state index in [1.807, 2.05) is 0 Å². The van der Waals surface area contributed by atoms with Gasteiger partial charge in [0.1, 0.15) is 11.2 Å². The fourth-order valence-corrected chi connectivity index (χ4v) is 9.11. The minimum absolute atomic E-state index is 0.0243. The lowest BCUT2D eigenvalue weighted by molar-refractivity contribution is 0.559. The molecule has 0 bridgehead atoms. The summed E-state index contributed by atoms with van der Waals surface area (Å²) < 4.78 is 6.91. The van der Waals surface area contributed by atoms with E-state index < -0.39 is 0 Å². The third kappa shape index (κ3) is 4.69. The van der Waals surface area contributed by atoms with Crippen molar-refractivity contribution in [1.82, 2.24) is 0 Å². The van der Waals surface area contributed by atoms with Gasteiger partial charge in [0.25, 0.3) is 0 Å². The first-order valence-corrected chi connectivity index (χ1v) is 18.9. The van der Waals surface area contributed by atoms with Crippen molar-refractivity contribution in [2.75, 3.05) is 4.90 Å². The molecular formula is C50H49NO. The third-order valence-electron chi connectivity index (χ3n) is 12.1. The fraction of sp³-hybridized carbons (Fsp3) is 0.280. The van der Waals surface area contributed by atoms with Crippen LogP contribution in [0.4, 0.5) is 17.1 Å². The van der Waals surface area contributed by atoms with Crippen LogP contribution in [0.15, 0.2) is 120 Å². The highest BCUT2D eigenvalue weighted by atomic mass is 16.3. The zero-order valence-electron chi connectivity index (χ0n) is 32.3. The average Bonchev–Trinajstić information content (AvgIpc) is 3.66. The van der Waals surface area contributed by atoms with Crippen LogP contribution in [0.2, 0.25) is 0 Å². The topological polar surface area (TPSA) is 16.4 Å². The molecule has 0 N–H and O–H groups in total. The molecule has 0 atom stereocenters. The second-order valence-corrected chi connectivity index (χ2v) is 18.3. The second-order valence-electron chi connectivity index (χ2n) is 18.3. The van der Waals surface area contributed by atoms with E-state index in [0.717, 1.165) is 33.6 Å². The Morgan fingerprint density at radius 3 is 1.46 bits per heavy atom.